The first kappa shape index (κ1) is 15.9. The summed E-state index contributed by atoms with van der Waals surface area (Å²) < 4.78 is 3.73. The second-order valence-electron chi connectivity index (χ2n) is 8.36. The molecule has 0 amide bonds. The lowest BCUT2D eigenvalue weighted by molar-refractivity contribution is 0.0162. The number of fused-ring (bicyclic) bond motifs is 1. The fourth-order valence-electron chi connectivity index (χ4n) is 5.09. The van der Waals surface area contributed by atoms with Crippen LogP contribution < -0.4 is 9.62 Å². The van der Waals surface area contributed by atoms with Gasteiger partial charge in [0, 0.05) is 30.6 Å². The van der Waals surface area contributed by atoms with Gasteiger partial charge in [-0.3, -0.25) is 4.72 Å². The molecule has 2 aromatic rings. The molecule has 5 rings (SSSR count). The molecule has 0 atom stereocenters. The standard InChI is InChI=1S/C19H27N5S/c1-24(18-16-6-7-20-17(16)21-12-22-18)14-8-19(9-14)10-15(11-19)25-23-13-4-2-3-5-13/h6-7,12-15,23H,2-5,8-11H2,1H3,(H,20,21,22). The Morgan fingerprint density at radius 3 is 2.80 bits per heavy atom. The van der Waals surface area contributed by atoms with Crippen molar-refractivity contribution in [3.8, 4) is 0 Å². The van der Waals surface area contributed by atoms with Gasteiger partial charge in [0.15, 0.2) is 0 Å². The van der Waals surface area contributed by atoms with Gasteiger partial charge in [-0.05, 0) is 50.0 Å². The highest BCUT2D eigenvalue weighted by atomic mass is 32.2. The van der Waals surface area contributed by atoms with Crippen molar-refractivity contribution in [1.82, 2.24) is 19.7 Å². The predicted octanol–water partition coefficient (Wildman–Crippen LogP) is 3.89. The van der Waals surface area contributed by atoms with E-state index in [0.29, 0.717) is 11.5 Å². The molecule has 0 aromatic carbocycles. The van der Waals surface area contributed by atoms with Gasteiger partial charge in [0.05, 0.1) is 5.39 Å². The van der Waals surface area contributed by atoms with E-state index in [1.54, 1.807) is 6.33 Å². The zero-order chi connectivity index (χ0) is 16.9. The molecule has 0 bridgehead atoms. The number of aromatic amines is 1. The lowest BCUT2D eigenvalue weighted by atomic mass is 9.53. The average molecular weight is 358 g/mol. The number of nitrogens with one attached hydrogen (secondary N) is 2. The molecule has 0 saturated heterocycles. The van der Waals surface area contributed by atoms with E-state index in [4.69, 9.17) is 0 Å². The molecule has 2 N–H and O–H groups in total. The topological polar surface area (TPSA) is 56.8 Å². The Labute approximate surface area is 153 Å². The summed E-state index contributed by atoms with van der Waals surface area (Å²) in [4.78, 5) is 14.4. The monoisotopic (exact) mass is 357 g/mol. The van der Waals surface area contributed by atoms with Crippen LogP contribution in [-0.4, -0.2) is 39.3 Å². The van der Waals surface area contributed by atoms with Gasteiger partial charge in [-0.25, -0.2) is 9.97 Å². The van der Waals surface area contributed by atoms with Gasteiger partial charge in [0.25, 0.3) is 0 Å². The molecule has 3 aliphatic rings. The Balaban J connectivity index is 1.14. The Morgan fingerprint density at radius 1 is 1.20 bits per heavy atom. The van der Waals surface area contributed by atoms with Crippen molar-refractivity contribution < 1.29 is 0 Å². The minimum absolute atomic E-state index is 0.623. The second kappa shape index (κ2) is 6.16. The molecule has 0 radical (unpaired) electrons. The van der Waals surface area contributed by atoms with Gasteiger partial charge in [-0.2, -0.15) is 0 Å². The van der Waals surface area contributed by atoms with Gasteiger partial charge in [-0.15, -0.1) is 0 Å². The van der Waals surface area contributed by atoms with Crippen molar-refractivity contribution in [2.24, 2.45) is 5.41 Å². The van der Waals surface area contributed by atoms with Crippen molar-refractivity contribution in [2.45, 2.75) is 68.7 Å². The zero-order valence-corrected chi connectivity index (χ0v) is 15.7. The Morgan fingerprint density at radius 2 is 2.00 bits per heavy atom. The SMILES string of the molecule is CN(c1ncnc2[nH]ccc12)C1CC2(CC(SNC3CCCC3)C2)C1. The summed E-state index contributed by atoms with van der Waals surface area (Å²) in [5, 5.41) is 1.97. The predicted molar refractivity (Wildman–Crippen MR) is 104 cm³/mol. The molecule has 0 aliphatic heterocycles. The fraction of sp³-hybridized carbons (Fsp3) is 0.684. The summed E-state index contributed by atoms with van der Waals surface area (Å²) in [5.74, 6) is 1.07. The fourth-order valence-corrected chi connectivity index (χ4v) is 6.58. The molecule has 134 valence electrons. The number of H-pyrrole nitrogens is 1. The van der Waals surface area contributed by atoms with E-state index in [1.807, 2.05) is 18.1 Å². The highest BCUT2D eigenvalue weighted by Crippen LogP contribution is 2.60. The van der Waals surface area contributed by atoms with Crippen LogP contribution in [0.2, 0.25) is 0 Å². The third kappa shape index (κ3) is 2.83. The lowest BCUT2D eigenvalue weighted by Gasteiger charge is -2.59. The number of aromatic nitrogens is 3. The molecule has 1 spiro atoms. The molecule has 6 heteroatoms. The van der Waals surface area contributed by atoms with E-state index in [9.17, 15) is 0 Å². The maximum Gasteiger partial charge on any atom is 0.142 e. The van der Waals surface area contributed by atoms with E-state index in [2.05, 4.69) is 37.7 Å². The second-order valence-corrected chi connectivity index (χ2v) is 9.50. The van der Waals surface area contributed by atoms with Gasteiger partial charge >= 0.3 is 0 Å². The van der Waals surface area contributed by atoms with Crippen LogP contribution in [0.3, 0.4) is 0 Å². The maximum absolute atomic E-state index is 4.54. The van der Waals surface area contributed by atoms with Gasteiger partial charge in [-0.1, -0.05) is 24.8 Å². The number of hydrogen-bond donors (Lipinski definition) is 2. The lowest BCUT2D eigenvalue weighted by Crippen LogP contribution is -2.57. The molecule has 3 aliphatic carbocycles. The van der Waals surface area contributed by atoms with Crippen molar-refractivity contribution >= 4 is 28.8 Å². The highest BCUT2D eigenvalue weighted by molar-refractivity contribution is 7.98. The molecule has 3 saturated carbocycles. The van der Waals surface area contributed by atoms with E-state index < -0.39 is 0 Å². The summed E-state index contributed by atoms with van der Waals surface area (Å²) in [6.07, 6.45) is 14.6. The van der Waals surface area contributed by atoms with Crippen molar-refractivity contribution in [3.05, 3.63) is 18.6 Å². The minimum Gasteiger partial charge on any atom is -0.356 e. The van der Waals surface area contributed by atoms with E-state index in [0.717, 1.165) is 28.1 Å². The maximum atomic E-state index is 4.54. The molecular weight excluding hydrogens is 330 g/mol. The molecule has 0 unspecified atom stereocenters. The van der Waals surface area contributed by atoms with Crippen LogP contribution in [0, 0.1) is 5.41 Å². The number of rotatable bonds is 5. The summed E-state index contributed by atoms with van der Waals surface area (Å²) in [7, 11) is 2.19. The van der Waals surface area contributed by atoms with Crippen LogP contribution in [0.25, 0.3) is 11.0 Å². The number of anilines is 1. The molecule has 25 heavy (non-hydrogen) atoms. The smallest absolute Gasteiger partial charge is 0.142 e. The summed E-state index contributed by atoms with van der Waals surface area (Å²) in [5.41, 5.74) is 1.56. The highest BCUT2D eigenvalue weighted by Gasteiger charge is 2.54. The van der Waals surface area contributed by atoms with Gasteiger partial charge in [0.1, 0.15) is 17.8 Å². The molecule has 2 aromatic heterocycles. The Hall–Kier alpha value is -1.27. The van der Waals surface area contributed by atoms with Crippen LogP contribution in [0.1, 0.15) is 51.4 Å². The van der Waals surface area contributed by atoms with Crippen LogP contribution in [-0.2, 0) is 0 Å². The van der Waals surface area contributed by atoms with Gasteiger partial charge in [0.2, 0.25) is 0 Å². The van der Waals surface area contributed by atoms with E-state index in [1.165, 1.54) is 51.4 Å². The summed E-state index contributed by atoms with van der Waals surface area (Å²) in [6.45, 7) is 0. The number of hydrogen-bond acceptors (Lipinski definition) is 5. The van der Waals surface area contributed by atoms with Crippen molar-refractivity contribution in [2.75, 3.05) is 11.9 Å². The van der Waals surface area contributed by atoms with E-state index in [-0.39, 0.29) is 0 Å². The third-order valence-electron chi connectivity index (χ3n) is 6.63. The molecular formula is C19H27N5S. The van der Waals surface area contributed by atoms with Crippen LogP contribution in [0.5, 0.6) is 0 Å². The Kier molecular flexibility index (Phi) is 3.93. The van der Waals surface area contributed by atoms with Gasteiger partial charge < -0.3 is 9.88 Å². The molecule has 5 nitrogen and oxygen atoms in total. The number of nitrogens with zero attached hydrogens (tertiary/aromatic N) is 3. The molecule has 2 heterocycles. The normalized spacial score (nSPS) is 32.0. The van der Waals surface area contributed by atoms with Crippen molar-refractivity contribution in [3.63, 3.8) is 0 Å². The first-order valence-corrected chi connectivity index (χ1v) is 10.5. The summed E-state index contributed by atoms with van der Waals surface area (Å²) in [6, 6.07) is 3.49. The first-order valence-electron chi connectivity index (χ1n) is 9.65. The van der Waals surface area contributed by atoms with Crippen LogP contribution in [0.4, 0.5) is 5.82 Å². The minimum atomic E-state index is 0.623. The Bertz CT molecular complexity index is 739. The van der Waals surface area contributed by atoms with Crippen LogP contribution >= 0.6 is 11.9 Å². The van der Waals surface area contributed by atoms with Crippen LogP contribution in [0.15, 0.2) is 18.6 Å². The zero-order valence-electron chi connectivity index (χ0n) is 14.9. The van der Waals surface area contributed by atoms with E-state index >= 15 is 0 Å². The third-order valence-corrected chi connectivity index (χ3v) is 7.77. The summed E-state index contributed by atoms with van der Waals surface area (Å²) >= 11 is 2.03. The van der Waals surface area contributed by atoms with Crippen molar-refractivity contribution in [1.29, 1.82) is 0 Å². The quantitative estimate of drug-likeness (QED) is 0.795. The first-order chi connectivity index (χ1) is 12.2. The molecule has 3 fully saturated rings. The average Bonchev–Trinajstić information content (AvgIpc) is 3.22. The largest absolute Gasteiger partial charge is 0.356 e.